The normalized spacial score (nSPS) is 11.2. The molecule has 1 N–H and O–H groups in total. The lowest BCUT2D eigenvalue weighted by atomic mass is 10.0. The van der Waals surface area contributed by atoms with Crippen LogP contribution in [0.4, 0.5) is 0 Å². The van der Waals surface area contributed by atoms with E-state index in [1.54, 1.807) is 0 Å². The average molecular weight is 322 g/mol. The third-order valence-corrected chi connectivity index (χ3v) is 4.16. The first-order valence-corrected chi connectivity index (χ1v) is 7.37. The molecule has 0 amide bonds. The number of rotatable bonds is 1. The highest BCUT2D eigenvalue weighted by Crippen LogP contribution is 2.30. The highest BCUT2D eigenvalue weighted by molar-refractivity contribution is 9.10. The largest absolute Gasteiger partial charge is 0.354 e. The third kappa shape index (κ3) is 1.84. The van der Waals surface area contributed by atoms with Gasteiger partial charge in [0.1, 0.15) is 0 Å². The van der Waals surface area contributed by atoms with Crippen LogP contribution in [-0.2, 0) is 0 Å². The van der Waals surface area contributed by atoms with E-state index in [9.17, 15) is 0 Å². The molecule has 0 unspecified atom stereocenters. The molecule has 20 heavy (non-hydrogen) atoms. The van der Waals surface area contributed by atoms with Crippen LogP contribution < -0.4 is 0 Å². The number of aromatic nitrogens is 1. The lowest BCUT2D eigenvalue weighted by molar-refractivity contribution is 1.54. The van der Waals surface area contributed by atoms with Gasteiger partial charge in [-0.2, -0.15) is 0 Å². The van der Waals surface area contributed by atoms with Gasteiger partial charge in [-0.3, -0.25) is 0 Å². The molecule has 1 nitrogen and oxygen atoms in total. The summed E-state index contributed by atoms with van der Waals surface area (Å²) in [7, 11) is 0. The highest BCUT2D eigenvalue weighted by Gasteiger charge is 2.05. The number of benzene rings is 3. The topological polar surface area (TPSA) is 15.8 Å². The highest BCUT2D eigenvalue weighted by atomic mass is 79.9. The second-order valence-electron chi connectivity index (χ2n) is 4.94. The van der Waals surface area contributed by atoms with Crippen molar-refractivity contribution >= 4 is 37.7 Å². The van der Waals surface area contributed by atoms with E-state index in [1.807, 2.05) is 6.07 Å². The van der Waals surface area contributed by atoms with E-state index >= 15 is 0 Å². The molecule has 3 aromatic carbocycles. The molecule has 0 bridgehead atoms. The van der Waals surface area contributed by atoms with E-state index in [0.29, 0.717) is 0 Å². The fourth-order valence-electron chi connectivity index (χ4n) is 2.70. The Hall–Kier alpha value is -2.06. The van der Waals surface area contributed by atoms with Crippen molar-refractivity contribution in [2.75, 3.05) is 0 Å². The summed E-state index contributed by atoms with van der Waals surface area (Å²) in [5.41, 5.74) is 4.82. The van der Waals surface area contributed by atoms with Gasteiger partial charge in [0.25, 0.3) is 0 Å². The standard InChI is InChI=1S/C18H12BrN/c19-14-5-3-4-12(10-14)13-8-9-16-15-6-1-2-7-17(15)20-18(16)11-13/h1-11,20H. The molecule has 0 aliphatic carbocycles. The Balaban J connectivity index is 1.97. The molecule has 4 aromatic rings. The second kappa shape index (κ2) is 4.50. The molecule has 0 atom stereocenters. The van der Waals surface area contributed by atoms with Crippen molar-refractivity contribution < 1.29 is 0 Å². The number of para-hydroxylation sites is 1. The molecule has 0 fully saturated rings. The summed E-state index contributed by atoms with van der Waals surface area (Å²) in [5, 5.41) is 2.56. The van der Waals surface area contributed by atoms with Gasteiger partial charge in [0.15, 0.2) is 0 Å². The van der Waals surface area contributed by atoms with Gasteiger partial charge in [-0.1, -0.05) is 58.4 Å². The van der Waals surface area contributed by atoms with Crippen LogP contribution in [0.25, 0.3) is 32.9 Å². The van der Waals surface area contributed by atoms with Crippen LogP contribution in [0.5, 0.6) is 0 Å². The molecule has 0 saturated heterocycles. The Bertz CT molecular complexity index is 921. The number of hydrogen-bond donors (Lipinski definition) is 1. The summed E-state index contributed by atoms with van der Waals surface area (Å²) >= 11 is 3.53. The smallest absolute Gasteiger partial charge is 0.0471 e. The first-order chi connectivity index (χ1) is 9.81. The quantitative estimate of drug-likeness (QED) is 0.459. The fourth-order valence-corrected chi connectivity index (χ4v) is 3.10. The Morgan fingerprint density at radius 1 is 0.650 bits per heavy atom. The molecule has 0 spiro atoms. The zero-order valence-corrected chi connectivity index (χ0v) is 12.3. The summed E-state index contributed by atoms with van der Waals surface area (Å²) < 4.78 is 1.10. The van der Waals surface area contributed by atoms with Gasteiger partial charge in [0.05, 0.1) is 0 Å². The SMILES string of the molecule is Brc1cccc(-c2ccc3c(c2)[nH]c2ccccc23)c1. The number of H-pyrrole nitrogens is 1. The van der Waals surface area contributed by atoms with Crippen LogP contribution in [0.1, 0.15) is 0 Å². The van der Waals surface area contributed by atoms with Gasteiger partial charge < -0.3 is 4.98 Å². The van der Waals surface area contributed by atoms with Gasteiger partial charge in [0.2, 0.25) is 0 Å². The zero-order chi connectivity index (χ0) is 13.5. The minimum Gasteiger partial charge on any atom is -0.354 e. The molecule has 2 heteroatoms. The lowest BCUT2D eigenvalue weighted by Crippen LogP contribution is -1.78. The molecule has 96 valence electrons. The molecule has 0 radical (unpaired) electrons. The van der Waals surface area contributed by atoms with Crippen LogP contribution in [-0.4, -0.2) is 4.98 Å². The van der Waals surface area contributed by atoms with E-state index in [1.165, 1.54) is 32.9 Å². The van der Waals surface area contributed by atoms with Gasteiger partial charge in [-0.05, 0) is 35.4 Å². The average Bonchev–Trinajstić information content (AvgIpc) is 2.85. The van der Waals surface area contributed by atoms with Crippen molar-refractivity contribution in [3.05, 3.63) is 71.2 Å². The van der Waals surface area contributed by atoms with Crippen molar-refractivity contribution in [3.8, 4) is 11.1 Å². The molecule has 1 aromatic heterocycles. The van der Waals surface area contributed by atoms with Crippen molar-refractivity contribution in [2.24, 2.45) is 0 Å². The Morgan fingerprint density at radius 3 is 2.35 bits per heavy atom. The van der Waals surface area contributed by atoms with Crippen molar-refractivity contribution in [2.45, 2.75) is 0 Å². The second-order valence-corrected chi connectivity index (χ2v) is 5.86. The first kappa shape index (κ1) is 11.7. The summed E-state index contributed by atoms with van der Waals surface area (Å²) in [4.78, 5) is 3.49. The molecule has 4 rings (SSSR count). The molecule has 1 heterocycles. The Kier molecular flexibility index (Phi) is 2.64. The monoisotopic (exact) mass is 321 g/mol. The fraction of sp³-hybridized carbons (Fsp3) is 0. The molecule has 0 saturated carbocycles. The van der Waals surface area contributed by atoms with Crippen LogP contribution in [0.2, 0.25) is 0 Å². The van der Waals surface area contributed by atoms with Crippen LogP contribution in [0, 0.1) is 0 Å². The van der Waals surface area contributed by atoms with Crippen LogP contribution >= 0.6 is 15.9 Å². The molecular formula is C18H12BrN. The lowest BCUT2D eigenvalue weighted by Gasteiger charge is -2.02. The van der Waals surface area contributed by atoms with Gasteiger partial charge in [-0.15, -0.1) is 0 Å². The van der Waals surface area contributed by atoms with E-state index in [4.69, 9.17) is 0 Å². The minimum atomic E-state index is 1.10. The predicted molar refractivity (Wildman–Crippen MR) is 88.9 cm³/mol. The molecular weight excluding hydrogens is 310 g/mol. The maximum atomic E-state index is 3.53. The maximum Gasteiger partial charge on any atom is 0.0471 e. The maximum absolute atomic E-state index is 3.53. The van der Waals surface area contributed by atoms with Crippen LogP contribution in [0.15, 0.2) is 71.2 Å². The van der Waals surface area contributed by atoms with Gasteiger partial charge in [-0.25, -0.2) is 0 Å². The molecule has 0 aliphatic heterocycles. The molecule has 0 aliphatic rings. The van der Waals surface area contributed by atoms with E-state index in [2.05, 4.69) is 81.6 Å². The van der Waals surface area contributed by atoms with Crippen molar-refractivity contribution in [3.63, 3.8) is 0 Å². The summed E-state index contributed by atoms with van der Waals surface area (Å²) in [6.45, 7) is 0. The van der Waals surface area contributed by atoms with Crippen molar-refractivity contribution in [1.82, 2.24) is 4.98 Å². The summed E-state index contributed by atoms with van der Waals surface area (Å²) in [6.07, 6.45) is 0. The summed E-state index contributed by atoms with van der Waals surface area (Å²) in [5.74, 6) is 0. The number of aromatic amines is 1. The van der Waals surface area contributed by atoms with E-state index in [0.717, 1.165) is 4.47 Å². The van der Waals surface area contributed by atoms with E-state index < -0.39 is 0 Å². The first-order valence-electron chi connectivity index (χ1n) is 6.58. The minimum absolute atomic E-state index is 1.10. The number of halogens is 1. The van der Waals surface area contributed by atoms with Gasteiger partial charge in [0, 0.05) is 26.3 Å². The predicted octanol–water partition coefficient (Wildman–Crippen LogP) is 5.75. The Morgan fingerprint density at radius 2 is 1.45 bits per heavy atom. The number of nitrogens with one attached hydrogen (secondary N) is 1. The third-order valence-electron chi connectivity index (χ3n) is 3.66. The van der Waals surface area contributed by atoms with Crippen LogP contribution in [0.3, 0.4) is 0 Å². The van der Waals surface area contributed by atoms with E-state index in [-0.39, 0.29) is 0 Å². The van der Waals surface area contributed by atoms with Crippen molar-refractivity contribution in [1.29, 1.82) is 0 Å². The number of hydrogen-bond acceptors (Lipinski definition) is 0. The number of fused-ring (bicyclic) bond motifs is 3. The summed E-state index contributed by atoms with van der Waals surface area (Å²) in [6, 6.07) is 23.4. The van der Waals surface area contributed by atoms with Gasteiger partial charge >= 0.3 is 0 Å². The zero-order valence-electron chi connectivity index (χ0n) is 10.7. The Labute approximate surface area is 125 Å².